The molecule has 0 aliphatic carbocycles. The Balaban J connectivity index is 1.94. The van der Waals surface area contributed by atoms with E-state index in [9.17, 15) is 9.59 Å². The lowest BCUT2D eigenvalue weighted by molar-refractivity contribution is -0.141. The van der Waals surface area contributed by atoms with Crippen molar-refractivity contribution in [3.05, 3.63) is 18.2 Å². The minimum atomic E-state index is -0.949. The number of amides is 1. The summed E-state index contributed by atoms with van der Waals surface area (Å²) in [7, 11) is 0. The van der Waals surface area contributed by atoms with Crippen LogP contribution in [0.4, 0.5) is 5.69 Å². The van der Waals surface area contributed by atoms with Crippen molar-refractivity contribution in [2.75, 3.05) is 18.2 Å². The third-order valence-electron chi connectivity index (χ3n) is 3.14. The molecule has 2 aliphatic heterocycles. The van der Waals surface area contributed by atoms with E-state index >= 15 is 0 Å². The number of benzene rings is 1. The first-order valence-electron chi connectivity index (χ1n) is 5.58. The van der Waals surface area contributed by atoms with E-state index in [1.165, 1.54) is 4.90 Å². The summed E-state index contributed by atoms with van der Waals surface area (Å²) in [6.45, 7) is 0.296. The zero-order chi connectivity index (χ0) is 12.7. The Morgan fingerprint density at radius 3 is 2.94 bits per heavy atom. The summed E-state index contributed by atoms with van der Waals surface area (Å²) in [5, 5.41) is 8.95. The Morgan fingerprint density at radius 2 is 2.22 bits per heavy atom. The van der Waals surface area contributed by atoms with E-state index in [1.54, 1.807) is 18.2 Å². The summed E-state index contributed by atoms with van der Waals surface area (Å²) in [4.78, 5) is 24.2. The molecule has 18 heavy (non-hydrogen) atoms. The number of rotatable bonds is 2. The van der Waals surface area contributed by atoms with Crippen LogP contribution in [0.3, 0.4) is 0 Å². The van der Waals surface area contributed by atoms with Gasteiger partial charge in [0.05, 0.1) is 11.6 Å². The van der Waals surface area contributed by atoms with Crippen molar-refractivity contribution in [1.82, 2.24) is 0 Å². The van der Waals surface area contributed by atoms with Gasteiger partial charge in [0.15, 0.2) is 11.5 Å². The number of carbonyl (C=O) groups excluding carboxylic acids is 1. The molecule has 0 unspecified atom stereocenters. The summed E-state index contributed by atoms with van der Waals surface area (Å²) in [5.74, 6) is -0.714. The molecule has 1 atom stereocenters. The molecule has 1 N–H and O–H groups in total. The number of anilines is 1. The lowest BCUT2D eigenvalue weighted by Crippen LogP contribution is -2.26. The highest BCUT2D eigenvalue weighted by atomic mass is 16.7. The van der Waals surface area contributed by atoms with Crippen molar-refractivity contribution in [3.8, 4) is 11.5 Å². The van der Waals surface area contributed by atoms with Crippen LogP contribution < -0.4 is 14.4 Å². The second-order valence-corrected chi connectivity index (χ2v) is 4.25. The largest absolute Gasteiger partial charge is 0.481 e. The quantitative estimate of drug-likeness (QED) is 0.841. The van der Waals surface area contributed by atoms with Crippen LogP contribution in [0.15, 0.2) is 18.2 Å². The van der Waals surface area contributed by atoms with E-state index in [-0.39, 0.29) is 25.7 Å². The van der Waals surface area contributed by atoms with Crippen LogP contribution in [0.5, 0.6) is 11.5 Å². The van der Waals surface area contributed by atoms with Gasteiger partial charge in [-0.25, -0.2) is 0 Å². The van der Waals surface area contributed by atoms with E-state index in [0.29, 0.717) is 17.2 Å². The average molecular weight is 249 g/mol. The SMILES string of the molecule is O=C(O)[C@@H]1CC(=O)N(c2cccc3c2OCO3)C1. The number of fused-ring (bicyclic) bond motifs is 1. The molecule has 94 valence electrons. The molecule has 0 spiro atoms. The molecule has 1 aromatic carbocycles. The molecule has 1 saturated heterocycles. The predicted octanol–water partition coefficient (Wildman–Crippen LogP) is 0.853. The maximum atomic E-state index is 11.9. The summed E-state index contributed by atoms with van der Waals surface area (Å²) in [6, 6.07) is 5.24. The number of carbonyl (C=O) groups is 2. The van der Waals surface area contributed by atoms with E-state index < -0.39 is 11.9 Å². The van der Waals surface area contributed by atoms with Crippen LogP contribution in [0.2, 0.25) is 0 Å². The van der Waals surface area contributed by atoms with Gasteiger partial charge >= 0.3 is 5.97 Å². The summed E-state index contributed by atoms with van der Waals surface area (Å²) in [5.41, 5.74) is 0.582. The lowest BCUT2D eigenvalue weighted by Gasteiger charge is -2.17. The first kappa shape index (κ1) is 10.9. The molecule has 1 amide bonds. The molecule has 2 heterocycles. The zero-order valence-electron chi connectivity index (χ0n) is 9.46. The minimum Gasteiger partial charge on any atom is -0.481 e. The smallest absolute Gasteiger partial charge is 0.308 e. The van der Waals surface area contributed by atoms with E-state index in [4.69, 9.17) is 14.6 Å². The molecular weight excluding hydrogens is 238 g/mol. The van der Waals surface area contributed by atoms with Gasteiger partial charge in [-0.15, -0.1) is 0 Å². The molecule has 0 radical (unpaired) electrons. The normalized spacial score (nSPS) is 21.4. The van der Waals surface area contributed by atoms with E-state index in [0.717, 1.165) is 0 Å². The number of carboxylic acid groups (broad SMARTS) is 1. The topological polar surface area (TPSA) is 76.1 Å². The highest BCUT2D eigenvalue weighted by molar-refractivity contribution is 6.00. The Hall–Kier alpha value is -2.24. The fourth-order valence-electron chi connectivity index (χ4n) is 2.23. The van der Waals surface area contributed by atoms with E-state index in [1.807, 2.05) is 0 Å². The molecule has 0 aromatic heterocycles. The first-order valence-corrected chi connectivity index (χ1v) is 5.58. The predicted molar refractivity (Wildman–Crippen MR) is 60.7 cm³/mol. The molecule has 1 fully saturated rings. The van der Waals surface area contributed by atoms with Crippen molar-refractivity contribution in [2.24, 2.45) is 5.92 Å². The summed E-state index contributed by atoms with van der Waals surface area (Å²) in [6.07, 6.45) is 0.0276. The number of carboxylic acids is 1. The van der Waals surface area contributed by atoms with Gasteiger partial charge in [0, 0.05) is 13.0 Å². The average Bonchev–Trinajstić information content (AvgIpc) is 2.94. The molecular formula is C12H11NO5. The van der Waals surface area contributed by atoms with Crippen LogP contribution in [0.1, 0.15) is 6.42 Å². The second-order valence-electron chi connectivity index (χ2n) is 4.25. The van der Waals surface area contributed by atoms with Crippen LogP contribution in [-0.4, -0.2) is 30.3 Å². The molecule has 6 heteroatoms. The van der Waals surface area contributed by atoms with Crippen LogP contribution in [-0.2, 0) is 9.59 Å². The van der Waals surface area contributed by atoms with Gasteiger partial charge in [-0.05, 0) is 12.1 Å². The fourth-order valence-corrected chi connectivity index (χ4v) is 2.23. The summed E-state index contributed by atoms with van der Waals surface area (Å²) < 4.78 is 10.6. The van der Waals surface area contributed by atoms with Gasteiger partial charge in [0.25, 0.3) is 0 Å². The van der Waals surface area contributed by atoms with E-state index in [2.05, 4.69) is 0 Å². The Bertz CT molecular complexity index is 527. The van der Waals surface area contributed by atoms with Crippen LogP contribution in [0, 0.1) is 5.92 Å². The standard InChI is InChI=1S/C12H11NO5/c14-10-4-7(12(15)16)5-13(10)8-2-1-3-9-11(8)18-6-17-9/h1-3,7H,4-6H2,(H,15,16)/t7-/m1/s1. The molecule has 2 aliphatic rings. The maximum absolute atomic E-state index is 11.9. The number of hydrogen-bond donors (Lipinski definition) is 1. The van der Waals surface area contributed by atoms with Crippen molar-refractivity contribution < 1.29 is 24.2 Å². The van der Waals surface area contributed by atoms with Crippen molar-refractivity contribution in [1.29, 1.82) is 0 Å². The second kappa shape index (κ2) is 3.90. The fraction of sp³-hybridized carbons (Fsp3) is 0.333. The van der Waals surface area contributed by atoms with Crippen molar-refractivity contribution >= 4 is 17.6 Å². The number of nitrogens with zero attached hydrogens (tertiary/aromatic N) is 1. The van der Waals surface area contributed by atoms with Gasteiger partial charge < -0.3 is 19.5 Å². The summed E-state index contributed by atoms with van der Waals surface area (Å²) >= 11 is 0. The molecule has 0 bridgehead atoms. The lowest BCUT2D eigenvalue weighted by atomic mass is 10.1. The molecule has 3 rings (SSSR count). The van der Waals surface area contributed by atoms with Crippen LogP contribution >= 0.6 is 0 Å². The number of para-hydroxylation sites is 1. The third kappa shape index (κ3) is 1.57. The van der Waals surface area contributed by atoms with Gasteiger partial charge in [-0.1, -0.05) is 6.07 Å². The zero-order valence-corrected chi connectivity index (χ0v) is 9.46. The van der Waals surface area contributed by atoms with Crippen molar-refractivity contribution in [2.45, 2.75) is 6.42 Å². The number of ether oxygens (including phenoxy) is 2. The minimum absolute atomic E-state index is 0.0276. The van der Waals surface area contributed by atoms with Gasteiger partial charge in [0.1, 0.15) is 0 Å². The Labute approximate surface area is 103 Å². The highest BCUT2D eigenvalue weighted by Crippen LogP contribution is 2.42. The molecule has 0 saturated carbocycles. The monoisotopic (exact) mass is 249 g/mol. The number of aliphatic carboxylic acids is 1. The first-order chi connectivity index (χ1) is 8.66. The van der Waals surface area contributed by atoms with Gasteiger partial charge in [-0.2, -0.15) is 0 Å². The van der Waals surface area contributed by atoms with Gasteiger partial charge in [-0.3, -0.25) is 9.59 Å². The van der Waals surface area contributed by atoms with Gasteiger partial charge in [0.2, 0.25) is 12.7 Å². The number of hydrogen-bond acceptors (Lipinski definition) is 4. The maximum Gasteiger partial charge on any atom is 0.308 e. The van der Waals surface area contributed by atoms with Crippen LogP contribution in [0.25, 0.3) is 0 Å². The molecule has 6 nitrogen and oxygen atoms in total. The molecule has 1 aromatic rings. The highest BCUT2D eigenvalue weighted by Gasteiger charge is 2.37. The van der Waals surface area contributed by atoms with Crippen molar-refractivity contribution in [3.63, 3.8) is 0 Å². The third-order valence-corrected chi connectivity index (χ3v) is 3.14. The Kier molecular flexibility index (Phi) is 2.36. The Morgan fingerprint density at radius 1 is 1.39 bits per heavy atom.